The first kappa shape index (κ1) is 18.8. The van der Waals surface area contributed by atoms with E-state index in [1.54, 1.807) is 23.0 Å². The molecule has 28 heavy (non-hydrogen) atoms. The molecule has 0 bridgehead atoms. The first-order valence-corrected chi connectivity index (χ1v) is 10.3. The summed E-state index contributed by atoms with van der Waals surface area (Å²) in [5.74, 6) is -0.110. The number of rotatable bonds is 5. The molecule has 0 aliphatic carbocycles. The van der Waals surface area contributed by atoms with Crippen LogP contribution in [-0.4, -0.2) is 51.5 Å². The number of pyridine rings is 1. The monoisotopic (exact) mass is 381 g/mol. The highest BCUT2D eigenvalue weighted by Crippen LogP contribution is 2.27. The third-order valence-electron chi connectivity index (χ3n) is 5.72. The van der Waals surface area contributed by atoms with Crippen molar-refractivity contribution in [3.8, 4) is 11.1 Å². The molecule has 2 aliphatic rings. The minimum atomic E-state index is -0.110. The molecule has 2 aromatic rings. The summed E-state index contributed by atoms with van der Waals surface area (Å²) in [5, 5.41) is 3.09. The number of likely N-dealkylation sites (tertiary alicyclic amines) is 1. The molecule has 0 unspecified atom stereocenters. The van der Waals surface area contributed by atoms with Gasteiger partial charge in [0, 0.05) is 54.9 Å². The van der Waals surface area contributed by atoms with Gasteiger partial charge in [-0.1, -0.05) is 6.42 Å². The lowest BCUT2D eigenvalue weighted by atomic mass is 9.95. The third kappa shape index (κ3) is 3.99. The number of carbonyl (C=O) groups is 1. The zero-order valence-electron chi connectivity index (χ0n) is 16.2. The Labute approximate surface area is 164 Å². The summed E-state index contributed by atoms with van der Waals surface area (Å²) >= 11 is 0. The van der Waals surface area contributed by atoms with E-state index in [0.29, 0.717) is 29.8 Å². The minimum absolute atomic E-state index is 0.0570. The maximum absolute atomic E-state index is 13.2. The number of piperidine rings is 1. The van der Waals surface area contributed by atoms with Crippen LogP contribution in [0.1, 0.15) is 48.2 Å². The number of fused-ring (bicyclic) bond motifs is 1. The SMILES string of the molecule is O=C(NCCN1CCCCC1)c1c(-c2cncnc2)cc(=O)n2c1CCCC2. The van der Waals surface area contributed by atoms with E-state index >= 15 is 0 Å². The van der Waals surface area contributed by atoms with Gasteiger partial charge >= 0.3 is 0 Å². The average Bonchev–Trinajstić information content (AvgIpc) is 2.75. The van der Waals surface area contributed by atoms with Crippen LogP contribution >= 0.6 is 0 Å². The summed E-state index contributed by atoms with van der Waals surface area (Å²) < 4.78 is 1.76. The maximum Gasteiger partial charge on any atom is 0.253 e. The van der Waals surface area contributed by atoms with Crippen molar-refractivity contribution >= 4 is 5.91 Å². The van der Waals surface area contributed by atoms with Crippen LogP contribution in [0.3, 0.4) is 0 Å². The van der Waals surface area contributed by atoms with Crippen molar-refractivity contribution in [2.45, 2.75) is 45.1 Å². The van der Waals surface area contributed by atoms with Gasteiger partial charge in [0.1, 0.15) is 6.33 Å². The Hall–Kier alpha value is -2.54. The molecule has 1 N–H and O–H groups in total. The van der Waals surface area contributed by atoms with E-state index in [0.717, 1.165) is 44.6 Å². The fourth-order valence-corrected chi connectivity index (χ4v) is 4.28. The number of hydrogen-bond donors (Lipinski definition) is 1. The molecule has 7 heteroatoms. The number of hydrogen-bond acceptors (Lipinski definition) is 5. The van der Waals surface area contributed by atoms with E-state index in [-0.39, 0.29) is 11.5 Å². The van der Waals surface area contributed by atoms with Crippen LogP contribution in [0.25, 0.3) is 11.1 Å². The van der Waals surface area contributed by atoms with Crippen LogP contribution in [0.15, 0.2) is 29.6 Å². The first-order valence-electron chi connectivity index (χ1n) is 10.3. The highest BCUT2D eigenvalue weighted by Gasteiger charge is 2.24. The van der Waals surface area contributed by atoms with Crippen molar-refractivity contribution in [2.24, 2.45) is 0 Å². The van der Waals surface area contributed by atoms with Crippen molar-refractivity contribution in [1.82, 2.24) is 24.8 Å². The molecular formula is C21H27N5O2. The van der Waals surface area contributed by atoms with Gasteiger partial charge in [-0.25, -0.2) is 9.97 Å². The molecule has 0 aromatic carbocycles. The zero-order chi connectivity index (χ0) is 19.3. The van der Waals surface area contributed by atoms with E-state index in [1.807, 2.05) is 0 Å². The predicted octanol–water partition coefficient (Wildman–Crippen LogP) is 1.86. The van der Waals surface area contributed by atoms with E-state index in [4.69, 9.17) is 0 Å². The van der Waals surface area contributed by atoms with E-state index < -0.39 is 0 Å². The molecule has 0 radical (unpaired) electrons. The average molecular weight is 381 g/mol. The number of nitrogens with zero attached hydrogens (tertiary/aromatic N) is 4. The van der Waals surface area contributed by atoms with Gasteiger partial charge in [0.15, 0.2) is 0 Å². The minimum Gasteiger partial charge on any atom is -0.351 e. The molecule has 4 heterocycles. The summed E-state index contributed by atoms with van der Waals surface area (Å²) in [5.41, 5.74) is 2.73. The Kier molecular flexibility index (Phi) is 5.81. The number of aromatic nitrogens is 3. The van der Waals surface area contributed by atoms with Gasteiger partial charge in [-0.05, 0) is 45.2 Å². The molecular weight excluding hydrogens is 354 g/mol. The van der Waals surface area contributed by atoms with Gasteiger partial charge < -0.3 is 14.8 Å². The van der Waals surface area contributed by atoms with Crippen molar-refractivity contribution < 1.29 is 4.79 Å². The summed E-state index contributed by atoms with van der Waals surface area (Å²) in [7, 11) is 0. The molecule has 7 nitrogen and oxygen atoms in total. The third-order valence-corrected chi connectivity index (χ3v) is 5.72. The highest BCUT2D eigenvalue weighted by atomic mass is 16.2. The second-order valence-corrected chi connectivity index (χ2v) is 7.61. The normalized spacial score (nSPS) is 17.1. The lowest BCUT2D eigenvalue weighted by Crippen LogP contribution is -2.39. The predicted molar refractivity (Wildman–Crippen MR) is 107 cm³/mol. The number of nitrogens with one attached hydrogen (secondary N) is 1. The summed E-state index contributed by atoms with van der Waals surface area (Å²) in [6.07, 6.45) is 11.2. The lowest BCUT2D eigenvalue weighted by Gasteiger charge is -2.27. The maximum atomic E-state index is 13.2. The van der Waals surface area contributed by atoms with Crippen LogP contribution in [-0.2, 0) is 13.0 Å². The molecule has 4 rings (SSSR count). The molecule has 2 aliphatic heterocycles. The first-order chi connectivity index (χ1) is 13.7. The van der Waals surface area contributed by atoms with Crippen molar-refractivity contribution in [3.63, 3.8) is 0 Å². The zero-order valence-corrected chi connectivity index (χ0v) is 16.2. The van der Waals surface area contributed by atoms with Gasteiger partial charge in [0.05, 0.1) is 5.56 Å². The molecule has 0 saturated carbocycles. The second-order valence-electron chi connectivity index (χ2n) is 7.61. The fourth-order valence-electron chi connectivity index (χ4n) is 4.28. The van der Waals surface area contributed by atoms with Gasteiger partial charge in [-0.3, -0.25) is 9.59 Å². The van der Waals surface area contributed by atoms with Gasteiger partial charge in [-0.15, -0.1) is 0 Å². The topological polar surface area (TPSA) is 80.1 Å². The van der Waals surface area contributed by atoms with Crippen LogP contribution < -0.4 is 10.9 Å². The van der Waals surface area contributed by atoms with Crippen LogP contribution in [0.4, 0.5) is 0 Å². The summed E-state index contributed by atoms with van der Waals surface area (Å²) in [4.78, 5) is 36.4. The quantitative estimate of drug-likeness (QED) is 0.855. The Balaban J connectivity index is 1.62. The molecule has 0 atom stereocenters. The van der Waals surface area contributed by atoms with E-state index in [1.165, 1.54) is 25.6 Å². The Morgan fingerprint density at radius 2 is 1.79 bits per heavy atom. The van der Waals surface area contributed by atoms with Crippen LogP contribution in [0.2, 0.25) is 0 Å². The molecule has 1 fully saturated rings. The highest BCUT2D eigenvalue weighted by molar-refractivity contribution is 6.01. The smallest absolute Gasteiger partial charge is 0.253 e. The standard InChI is InChI=1S/C21H27N5O2/c27-19-12-17(16-13-22-15-23-14-16)20(18-6-2-5-10-26(18)19)21(28)24-7-11-25-8-3-1-4-9-25/h12-15H,1-11H2,(H,24,28). The molecule has 148 valence electrons. The summed E-state index contributed by atoms with van der Waals surface area (Å²) in [6.45, 7) is 4.37. The van der Waals surface area contributed by atoms with Crippen molar-refractivity contribution in [1.29, 1.82) is 0 Å². The van der Waals surface area contributed by atoms with E-state index in [9.17, 15) is 9.59 Å². The van der Waals surface area contributed by atoms with Gasteiger partial charge in [-0.2, -0.15) is 0 Å². The fraction of sp³-hybridized carbons (Fsp3) is 0.524. The Morgan fingerprint density at radius 3 is 2.57 bits per heavy atom. The van der Waals surface area contributed by atoms with Crippen molar-refractivity contribution in [3.05, 3.63) is 46.4 Å². The number of carbonyl (C=O) groups excluding carboxylic acids is 1. The largest absolute Gasteiger partial charge is 0.351 e. The Morgan fingerprint density at radius 1 is 1.04 bits per heavy atom. The van der Waals surface area contributed by atoms with Crippen LogP contribution in [0, 0.1) is 0 Å². The van der Waals surface area contributed by atoms with Crippen LogP contribution in [0.5, 0.6) is 0 Å². The second kappa shape index (κ2) is 8.65. The molecule has 1 saturated heterocycles. The Bertz CT molecular complexity index is 888. The molecule has 0 spiro atoms. The number of amides is 1. The summed E-state index contributed by atoms with van der Waals surface area (Å²) in [6, 6.07) is 1.56. The van der Waals surface area contributed by atoms with Gasteiger partial charge in [0.25, 0.3) is 11.5 Å². The molecule has 2 aromatic heterocycles. The molecule has 1 amide bonds. The van der Waals surface area contributed by atoms with E-state index in [2.05, 4.69) is 20.2 Å². The lowest BCUT2D eigenvalue weighted by molar-refractivity contribution is 0.0944. The van der Waals surface area contributed by atoms with Gasteiger partial charge in [0.2, 0.25) is 0 Å². The van der Waals surface area contributed by atoms with Crippen molar-refractivity contribution in [2.75, 3.05) is 26.2 Å².